The molecule has 1 aliphatic heterocycles. The van der Waals surface area contributed by atoms with Crippen molar-refractivity contribution in [2.45, 2.75) is 23.8 Å². The van der Waals surface area contributed by atoms with E-state index in [1.54, 1.807) is 36.4 Å². The van der Waals surface area contributed by atoms with Gasteiger partial charge in [0.15, 0.2) is 5.78 Å². The summed E-state index contributed by atoms with van der Waals surface area (Å²) >= 11 is 0. The number of methoxy groups -OCH3 is 1. The van der Waals surface area contributed by atoms with Gasteiger partial charge in [-0.1, -0.05) is 30.3 Å². The molecule has 1 aliphatic rings. The molecular formula is C18H19NO4S. The summed E-state index contributed by atoms with van der Waals surface area (Å²) in [5, 5.41) is 0. The number of hydrogen-bond donors (Lipinski definition) is 0. The normalized spacial score (nSPS) is 18.5. The molecule has 0 amide bonds. The number of rotatable bonds is 5. The van der Waals surface area contributed by atoms with Crippen molar-refractivity contribution in [1.29, 1.82) is 0 Å². The Morgan fingerprint density at radius 3 is 2.38 bits per heavy atom. The maximum atomic E-state index is 12.9. The number of Topliss-reactive ketones (excluding diaryl/α,β-unsaturated/α-hetero) is 1. The van der Waals surface area contributed by atoms with Crippen molar-refractivity contribution in [2.75, 3.05) is 13.7 Å². The third kappa shape index (κ3) is 3.07. The van der Waals surface area contributed by atoms with E-state index in [9.17, 15) is 13.2 Å². The molecule has 5 nitrogen and oxygen atoms in total. The Morgan fingerprint density at radius 1 is 1.08 bits per heavy atom. The number of ether oxygens (including phenoxy) is 1. The van der Waals surface area contributed by atoms with Crippen LogP contribution in [0.3, 0.4) is 0 Å². The molecule has 0 radical (unpaired) electrons. The molecule has 0 saturated carbocycles. The zero-order valence-electron chi connectivity index (χ0n) is 13.4. The minimum Gasteiger partial charge on any atom is -0.497 e. The van der Waals surface area contributed by atoms with Crippen molar-refractivity contribution in [3.8, 4) is 5.75 Å². The van der Waals surface area contributed by atoms with Crippen molar-refractivity contribution >= 4 is 15.8 Å². The summed E-state index contributed by atoms with van der Waals surface area (Å²) < 4.78 is 32.2. The predicted molar refractivity (Wildman–Crippen MR) is 90.7 cm³/mol. The Hall–Kier alpha value is -2.18. The molecule has 2 aromatic carbocycles. The van der Waals surface area contributed by atoms with Gasteiger partial charge in [0, 0.05) is 12.1 Å². The van der Waals surface area contributed by atoms with Crippen LogP contribution < -0.4 is 4.74 Å². The van der Waals surface area contributed by atoms with E-state index in [2.05, 4.69) is 0 Å². The monoisotopic (exact) mass is 345 g/mol. The molecule has 1 saturated heterocycles. The van der Waals surface area contributed by atoms with Gasteiger partial charge in [-0.25, -0.2) is 8.42 Å². The summed E-state index contributed by atoms with van der Waals surface area (Å²) in [6, 6.07) is 14.4. The zero-order valence-corrected chi connectivity index (χ0v) is 14.2. The molecule has 0 spiro atoms. The molecule has 1 atom stereocenters. The summed E-state index contributed by atoms with van der Waals surface area (Å²) in [7, 11) is -2.18. The molecule has 126 valence electrons. The second kappa shape index (κ2) is 6.75. The summed E-state index contributed by atoms with van der Waals surface area (Å²) in [6.45, 7) is 0.359. The van der Waals surface area contributed by atoms with Gasteiger partial charge in [0.2, 0.25) is 10.0 Å². The van der Waals surface area contributed by atoms with Crippen molar-refractivity contribution in [2.24, 2.45) is 0 Å². The van der Waals surface area contributed by atoms with Crippen molar-refractivity contribution < 1.29 is 17.9 Å². The second-order valence-electron chi connectivity index (χ2n) is 5.68. The van der Waals surface area contributed by atoms with Crippen LogP contribution in [-0.2, 0) is 10.0 Å². The molecule has 0 N–H and O–H groups in total. The first-order valence-electron chi connectivity index (χ1n) is 7.79. The van der Waals surface area contributed by atoms with Gasteiger partial charge in [0.1, 0.15) is 5.75 Å². The summed E-state index contributed by atoms with van der Waals surface area (Å²) in [6.07, 6.45) is 1.22. The SMILES string of the molecule is COc1ccc(S(=O)(=O)N2CCCC2C(=O)c2ccccc2)cc1. The number of nitrogens with zero attached hydrogens (tertiary/aromatic N) is 1. The molecule has 0 aromatic heterocycles. The van der Waals surface area contributed by atoms with Crippen LogP contribution in [0.5, 0.6) is 5.75 Å². The fraction of sp³-hybridized carbons (Fsp3) is 0.278. The van der Waals surface area contributed by atoms with E-state index < -0.39 is 16.1 Å². The highest BCUT2D eigenvalue weighted by atomic mass is 32.2. The fourth-order valence-electron chi connectivity index (χ4n) is 2.97. The molecule has 1 heterocycles. The number of benzene rings is 2. The Morgan fingerprint density at radius 2 is 1.75 bits per heavy atom. The minimum atomic E-state index is -3.71. The number of hydrogen-bond acceptors (Lipinski definition) is 4. The Kier molecular flexibility index (Phi) is 4.69. The van der Waals surface area contributed by atoms with Crippen molar-refractivity contribution in [3.63, 3.8) is 0 Å². The van der Waals surface area contributed by atoms with Gasteiger partial charge < -0.3 is 4.74 Å². The van der Waals surface area contributed by atoms with E-state index >= 15 is 0 Å². The fourth-order valence-corrected chi connectivity index (χ4v) is 4.62. The largest absolute Gasteiger partial charge is 0.497 e. The van der Waals surface area contributed by atoms with Crippen LogP contribution in [0.15, 0.2) is 59.5 Å². The Bertz CT molecular complexity index is 816. The second-order valence-corrected chi connectivity index (χ2v) is 7.57. The van der Waals surface area contributed by atoms with E-state index in [0.717, 1.165) is 0 Å². The Balaban J connectivity index is 1.90. The number of ketones is 1. The maximum Gasteiger partial charge on any atom is 0.243 e. The van der Waals surface area contributed by atoms with E-state index in [1.807, 2.05) is 6.07 Å². The minimum absolute atomic E-state index is 0.148. The Labute approximate surface area is 141 Å². The molecule has 1 unspecified atom stereocenters. The number of carbonyl (C=O) groups is 1. The zero-order chi connectivity index (χ0) is 17.2. The highest BCUT2D eigenvalue weighted by Gasteiger charge is 2.39. The summed E-state index contributed by atoms with van der Waals surface area (Å²) in [5.41, 5.74) is 0.541. The van der Waals surface area contributed by atoms with E-state index in [0.29, 0.717) is 30.7 Å². The maximum absolute atomic E-state index is 12.9. The van der Waals surface area contributed by atoms with E-state index in [-0.39, 0.29) is 10.7 Å². The predicted octanol–water partition coefficient (Wildman–Crippen LogP) is 2.73. The quantitative estimate of drug-likeness (QED) is 0.782. The lowest BCUT2D eigenvalue weighted by Crippen LogP contribution is -2.40. The molecule has 1 fully saturated rings. The standard InChI is InChI=1S/C18H19NO4S/c1-23-15-9-11-16(12-10-15)24(21,22)19-13-5-8-17(19)18(20)14-6-3-2-4-7-14/h2-4,6-7,9-12,17H,5,8,13H2,1H3. The molecule has 6 heteroatoms. The average Bonchev–Trinajstić information content (AvgIpc) is 3.12. The third-order valence-electron chi connectivity index (χ3n) is 4.23. The highest BCUT2D eigenvalue weighted by Crippen LogP contribution is 2.29. The molecule has 0 aliphatic carbocycles. The lowest BCUT2D eigenvalue weighted by Gasteiger charge is -2.23. The topological polar surface area (TPSA) is 63.7 Å². The van der Waals surface area contributed by atoms with Crippen molar-refractivity contribution in [1.82, 2.24) is 4.31 Å². The van der Waals surface area contributed by atoms with Gasteiger partial charge in [-0.15, -0.1) is 0 Å². The van der Waals surface area contributed by atoms with Gasteiger partial charge in [-0.2, -0.15) is 4.31 Å². The van der Waals surface area contributed by atoms with Crippen LogP contribution in [0, 0.1) is 0 Å². The number of sulfonamides is 1. The average molecular weight is 345 g/mol. The first kappa shape index (κ1) is 16.7. The van der Waals surface area contributed by atoms with Gasteiger partial charge in [-0.05, 0) is 37.1 Å². The first-order chi connectivity index (χ1) is 11.5. The molecular weight excluding hydrogens is 326 g/mol. The lowest BCUT2D eigenvalue weighted by atomic mass is 10.0. The van der Waals surface area contributed by atoms with Crippen LogP contribution in [0.2, 0.25) is 0 Å². The third-order valence-corrected chi connectivity index (χ3v) is 6.15. The summed E-state index contributed by atoms with van der Waals surface area (Å²) in [5.74, 6) is 0.442. The van der Waals surface area contributed by atoms with Crippen molar-refractivity contribution in [3.05, 3.63) is 60.2 Å². The molecule has 3 rings (SSSR count). The van der Waals surface area contributed by atoms with Crippen LogP contribution >= 0.6 is 0 Å². The van der Waals surface area contributed by atoms with E-state index in [1.165, 1.54) is 23.5 Å². The van der Waals surface area contributed by atoms with Gasteiger partial charge in [-0.3, -0.25) is 4.79 Å². The van der Waals surface area contributed by atoms with Crippen LogP contribution in [0.1, 0.15) is 23.2 Å². The van der Waals surface area contributed by atoms with Crippen LogP contribution in [0.4, 0.5) is 0 Å². The van der Waals surface area contributed by atoms with E-state index in [4.69, 9.17) is 4.74 Å². The number of carbonyl (C=O) groups excluding carboxylic acids is 1. The van der Waals surface area contributed by atoms with Crippen LogP contribution in [-0.4, -0.2) is 38.2 Å². The summed E-state index contributed by atoms with van der Waals surface area (Å²) in [4.78, 5) is 12.9. The first-order valence-corrected chi connectivity index (χ1v) is 9.23. The highest BCUT2D eigenvalue weighted by molar-refractivity contribution is 7.89. The molecule has 2 aromatic rings. The van der Waals surface area contributed by atoms with Gasteiger partial charge in [0.25, 0.3) is 0 Å². The van der Waals surface area contributed by atoms with Gasteiger partial charge >= 0.3 is 0 Å². The molecule has 24 heavy (non-hydrogen) atoms. The lowest BCUT2D eigenvalue weighted by molar-refractivity contribution is 0.0918. The van der Waals surface area contributed by atoms with Crippen LogP contribution in [0.25, 0.3) is 0 Å². The smallest absolute Gasteiger partial charge is 0.243 e. The van der Waals surface area contributed by atoms with Gasteiger partial charge in [0.05, 0.1) is 18.0 Å². The molecule has 0 bridgehead atoms.